The van der Waals surface area contributed by atoms with Crippen molar-refractivity contribution in [3.8, 4) is 0 Å². The molecule has 0 radical (unpaired) electrons. The van der Waals surface area contributed by atoms with E-state index in [4.69, 9.17) is 4.74 Å². The number of hydrogen-bond acceptors (Lipinski definition) is 4. The van der Waals surface area contributed by atoms with E-state index in [0.29, 0.717) is 65.3 Å². The number of amides is 2. The topological polar surface area (TPSA) is 53.1 Å². The van der Waals surface area contributed by atoms with Gasteiger partial charge >= 0.3 is 0 Å². The quantitative estimate of drug-likeness (QED) is 0.773. The Balaban J connectivity index is 1.42. The van der Waals surface area contributed by atoms with Crippen molar-refractivity contribution in [1.82, 2.24) is 14.7 Å². The highest BCUT2D eigenvalue weighted by atomic mass is 19.1. The zero-order chi connectivity index (χ0) is 19.2. The second-order valence-electron chi connectivity index (χ2n) is 7.16. The lowest BCUT2D eigenvalue weighted by Gasteiger charge is -2.39. The average molecular weight is 377 g/mol. The molecular formula is C20H28FN3O3. The van der Waals surface area contributed by atoms with Gasteiger partial charge in [-0.05, 0) is 31.0 Å². The van der Waals surface area contributed by atoms with Gasteiger partial charge in [0.2, 0.25) is 11.8 Å². The molecule has 0 bridgehead atoms. The molecule has 6 nitrogen and oxygen atoms in total. The number of nitrogens with zero attached hydrogens (tertiary/aromatic N) is 3. The second-order valence-corrected chi connectivity index (χ2v) is 7.16. The molecule has 7 heteroatoms. The minimum absolute atomic E-state index is 0.117. The predicted molar refractivity (Wildman–Crippen MR) is 99.7 cm³/mol. The summed E-state index contributed by atoms with van der Waals surface area (Å²) in [7, 11) is 0. The van der Waals surface area contributed by atoms with Crippen LogP contribution in [0.3, 0.4) is 0 Å². The van der Waals surface area contributed by atoms with Crippen molar-refractivity contribution in [1.29, 1.82) is 0 Å². The Kier molecular flexibility index (Phi) is 6.79. The number of halogens is 1. The van der Waals surface area contributed by atoms with E-state index in [0.717, 1.165) is 5.56 Å². The highest BCUT2D eigenvalue weighted by Crippen LogP contribution is 2.13. The Bertz CT molecular complexity index is 638. The van der Waals surface area contributed by atoms with E-state index in [1.807, 2.05) is 16.7 Å². The smallest absolute Gasteiger partial charge is 0.239 e. The molecule has 1 atom stereocenters. The first-order valence-electron chi connectivity index (χ1n) is 9.67. The van der Waals surface area contributed by atoms with Crippen LogP contribution < -0.4 is 0 Å². The van der Waals surface area contributed by atoms with E-state index < -0.39 is 0 Å². The van der Waals surface area contributed by atoms with Gasteiger partial charge in [0.05, 0.1) is 19.3 Å². The monoisotopic (exact) mass is 377 g/mol. The van der Waals surface area contributed by atoms with Gasteiger partial charge in [0.15, 0.2) is 0 Å². The second kappa shape index (κ2) is 9.28. The lowest BCUT2D eigenvalue weighted by Crippen LogP contribution is -2.56. The van der Waals surface area contributed by atoms with E-state index in [9.17, 15) is 14.0 Å². The average Bonchev–Trinajstić information content (AvgIpc) is 2.73. The van der Waals surface area contributed by atoms with Crippen molar-refractivity contribution in [2.75, 3.05) is 52.5 Å². The molecule has 2 saturated heterocycles. The molecule has 2 aliphatic heterocycles. The number of rotatable bonds is 5. The summed E-state index contributed by atoms with van der Waals surface area (Å²) in [6.45, 7) is 7.18. The van der Waals surface area contributed by atoms with Gasteiger partial charge in [-0.2, -0.15) is 0 Å². The van der Waals surface area contributed by atoms with Gasteiger partial charge in [0, 0.05) is 45.7 Å². The fourth-order valence-corrected chi connectivity index (χ4v) is 3.62. The molecule has 2 heterocycles. The van der Waals surface area contributed by atoms with Crippen LogP contribution in [0.15, 0.2) is 24.3 Å². The maximum atomic E-state index is 12.9. The number of ether oxygens (including phenoxy) is 1. The first-order valence-corrected chi connectivity index (χ1v) is 9.67. The normalized spacial score (nSPS) is 19.8. The third-order valence-electron chi connectivity index (χ3n) is 5.44. The highest BCUT2D eigenvalue weighted by molar-refractivity contribution is 5.81. The SMILES string of the molecule is CC(C(=O)N1CCOCC1)N1CCN(C(=O)CCc2ccc(F)cc2)CC1. The summed E-state index contributed by atoms with van der Waals surface area (Å²) < 4.78 is 18.2. The van der Waals surface area contributed by atoms with Gasteiger partial charge in [-0.25, -0.2) is 4.39 Å². The van der Waals surface area contributed by atoms with Crippen molar-refractivity contribution >= 4 is 11.8 Å². The van der Waals surface area contributed by atoms with Crippen LogP contribution in [0.4, 0.5) is 4.39 Å². The summed E-state index contributed by atoms with van der Waals surface area (Å²) in [5.41, 5.74) is 0.966. The van der Waals surface area contributed by atoms with Crippen LogP contribution in [-0.2, 0) is 20.7 Å². The molecule has 148 valence electrons. The lowest BCUT2D eigenvalue weighted by atomic mass is 10.1. The summed E-state index contributed by atoms with van der Waals surface area (Å²) in [6, 6.07) is 6.12. The maximum absolute atomic E-state index is 12.9. The van der Waals surface area contributed by atoms with Crippen molar-refractivity contribution in [3.05, 3.63) is 35.6 Å². The number of carbonyl (C=O) groups is 2. The largest absolute Gasteiger partial charge is 0.378 e. The van der Waals surface area contributed by atoms with E-state index >= 15 is 0 Å². The summed E-state index contributed by atoms with van der Waals surface area (Å²) in [4.78, 5) is 30.9. The molecular weight excluding hydrogens is 349 g/mol. The molecule has 1 aromatic carbocycles. The fourth-order valence-electron chi connectivity index (χ4n) is 3.62. The van der Waals surface area contributed by atoms with Gasteiger partial charge in [0.1, 0.15) is 5.82 Å². The van der Waals surface area contributed by atoms with Crippen LogP contribution in [0.25, 0.3) is 0 Å². The molecule has 3 rings (SSSR count). The van der Waals surface area contributed by atoms with E-state index in [1.165, 1.54) is 12.1 Å². The number of morpholine rings is 1. The van der Waals surface area contributed by atoms with Crippen molar-refractivity contribution in [3.63, 3.8) is 0 Å². The third kappa shape index (κ3) is 5.26. The molecule has 27 heavy (non-hydrogen) atoms. The predicted octanol–water partition coefficient (Wildman–Crippen LogP) is 1.15. The number of benzene rings is 1. The number of aryl methyl sites for hydroxylation is 1. The lowest BCUT2D eigenvalue weighted by molar-refractivity contribution is -0.142. The molecule has 0 N–H and O–H groups in total. The van der Waals surface area contributed by atoms with Gasteiger partial charge in [0.25, 0.3) is 0 Å². The van der Waals surface area contributed by atoms with Gasteiger partial charge in [-0.3, -0.25) is 14.5 Å². The fraction of sp³-hybridized carbons (Fsp3) is 0.600. The van der Waals surface area contributed by atoms with Crippen LogP contribution in [-0.4, -0.2) is 85.0 Å². The standard InChI is InChI=1S/C20H28FN3O3/c1-16(20(26)24-12-14-27-15-13-24)22-8-10-23(11-9-22)19(25)7-4-17-2-5-18(21)6-3-17/h2-3,5-6,16H,4,7-15H2,1H3. The zero-order valence-corrected chi connectivity index (χ0v) is 15.9. The van der Waals surface area contributed by atoms with Crippen molar-refractivity contribution in [2.45, 2.75) is 25.8 Å². The Labute approximate surface area is 159 Å². The van der Waals surface area contributed by atoms with Gasteiger partial charge in [-0.1, -0.05) is 12.1 Å². The Morgan fingerprint density at radius 3 is 2.26 bits per heavy atom. The minimum atomic E-state index is -0.262. The number of carbonyl (C=O) groups excluding carboxylic acids is 2. The molecule has 2 aliphatic rings. The Morgan fingerprint density at radius 1 is 1.00 bits per heavy atom. The third-order valence-corrected chi connectivity index (χ3v) is 5.44. The first kappa shape index (κ1) is 19.8. The van der Waals surface area contributed by atoms with Gasteiger partial charge < -0.3 is 14.5 Å². The van der Waals surface area contributed by atoms with E-state index in [2.05, 4.69) is 4.90 Å². The number of piperazine rings is 1. The van der Waals surface area contributed by atoms with Gasteiger partial charge in [-0.15, -0.1) is 0 Å². The van der Waals surface area contributed by atoms with E-state index in [1.54, 1.807) is 12.1 Å². The summed E-state index contributed by atoms with van der Waals surface area (Å²) in [6.07, 6.45) is 1.04. The summed E-state index contributed by atoms with van der Waals surface area (Å²) >= 11 is 0. The Hall–Kier alpha value is -1.99. The van der Waals surface area contributed by atoms with Crippen molar-refractivity contribution < 1.29 is 18.7 Å². The van der Waals surface area contributed by atoms with Crippen LogP contribution in [0.2, 0.25) is 0 Å². The summed E-state index contributed by atoms with van der Waals surface area (Å²) in [5, 5.41) is 0. The highest BCUT2D eigenvalue weighted by Gasteiger charge is 2.30. The minimum Gasteiger partial charge on any atom is -0.378 e. The molecule has 0 saturated carbocycles. The molecule has 0 aliphatic carbocycles. The Morgan fingerprint density at radius 2 is 1.63 bits per heavy atom. The molecule has 0 aromatic heterocycles. The van der Waals surface area contributed by atoms with Crippen LogP contribution in [0, 0.1) is 5.82 Å². The molecule has 1 unspecified atom stereocenters. The van der Waals surface area contributed by atoms with Crippen molar-refractivity contribution in [2.24, 2.45) is 0 Å². The van der Waals surface area contributed by atoms with Crippen LogP contribution >= 0.6 is 0 Å². The molecule has 0 spiro atoms. The van der Waals surface area contributed by atoms with E-state index in [-0.39, 0.29) is 23.7 Å². The van der Waals surface area contributed by atoms with Crippen LogP contribution in [0.5, 0.6) is 0 Å². The molecule has 2 amide bonds. The summed E-state index contributed by atoms with van der Waals surface area (Å²) in [5.74, 6) is 0.00228. The first-order chi connectivity index (χ1) is 13.0. The molecule has 1 aromatic rings. The molecule has 2 fully saturated rings. The van der Waals surface area contributed by atoms with Crippen LogP contribution in [0.1, 0.15) is 18.9 Å². The zero-order valence-electron chi connectivity index (χ0n) is 15.9. The maximum Gasteiger partial charge on any atom is 0.239 e. The number of hydrogen-bond donors (Lipinski definition) is 0.